The Labute approximate surface area is 129 Å². The Hall–Kier alpha value is -1.52. The quantitative estimate of drug-likeness (QED) is 0.912. The van der Waals surface area contributed by atoms with E-state index in [2.05, 4.69) is 37.4 Å². The second-order valence-electron chi connectivity index (χ2n) is 5.97. The van der Waals surface area contributed by atoms with Crippen LogP contribution >= 0.6 is 11.3 Å². The first-order valence-electron chi connectivity index (χ1n) is 7.23. The molecule has 4 heteroatoms. The van der Waals surface area contributed by atoms with Crippen molar-refractivity contribution in [3.8, 4) is 11.5 Å². The molecule has 0 fully saturated rings. The van der Waals surface area contributed by atoms with Crippen LogP contribution in [-0.2, 0) is 19.6 Å². The molecule has 1 aliphatic rings. The Morgan fingerprint density at radius 1 is 1.24 bits per heavy atom. The number of benzene rings is 1. The van der Waals surface area contributed by atoms with Gasteiger partial charge in [-0.05, 0) is 39.1 Å². The summed E-state index contributed by atoms with van der Waals surface area (Å²) in [6.45, 7) is 5.72. The van der Waals surface area contributed by atoms with Crippen LogP contribution in [0.25, 0.3) is 0 Å². The number of ether oxygens (including phenoxy) is 2. The van der Waals surface area contributed by atoms with E-state index in [9.17, 15) is 0 Å². The van der Waals surface area contributed by atoms with Gasteiger partial charge in [-0.25, -0.2) is 0 Å². The molecule has 0 saturated carbocycles. The van der Waals surface area contributed by atoms with Crippen molar-refractivity contribution in [2.24, 2.45) is 0 Å². The fraction of sp³-hybridized carbons (Fsp3) is 0.412. The summed E-state index contributed by atoms with van der Waals surface area (Å²) in [4.78, 5) is 2.56. The fourth-order valence-corrected chi connectivity index (χ4v) is 3.56. The van der Waals surface area contributed by atoms with Crippen molar-refractivity contribution >= 4 is 11.3 Å². The molecule has 112 valence electrons. The van der Waals surface area contributed by atoms with Gasteiger partial charge in [0.05, 0.1) is 0 Å². The van der Waals surface area contributed by atoms with Crippen LogP contribution in [0.3, 0.4) is 0 Å². The third-order valence-electron chi connectivity index (χ3n) is 3.49. The maximum absolute atomic E-state index is 6.03. The summed E-state index contributed by atoms with van der Waals surface area (Å²) >= 11 is 1.78. The van der Waals surface area contributed by atoms with E-state index in [4.69, 9.17) is 9.47 Å². The first kappa shape index (κ1) is 14.4. The lowest BCUT2D eigenvalue weighted by Crippen LogP contribution is -2.24. The molecule has 1 N–H and O–H groups in total. The molecule has 2 heterocycles. The van der Waals surface area contributed by atoms with Gasteiger partial charge in [-0.15, -0.1) is 11.3 Å². The van der Waals surface area contributed by atoms with Gasteiger partial charge in [0.15, 0.2) is 11.5 Å². The highest BCUT2D eigenvalue weighted by atomic mass is 32.1. The minimum absolute atomic E-state index is 0.134. The molecule has 0 radical (unpaired) electrons. The van der Waals surface area contributed by atoms with Gasteiger partial charge in [0, 0.05) is 28.3 Å². The third kappa shape index (κ3) is 3.22. The van der Waals surface area contributed by atoms with Gasteiger partial charge >= 0.3 is 0 Å². The maximum atomic E-state index is 6.03. The monoisotopic (exact) mass is 303 g/mol. The molecule has 1 aromatic heterocycles. The zero-order valence-electron chi connectivity index (χ0n) is 12.7. The molecule has 3 rings (SSSR count). The molecule has 1 aliphatic heterocycles. The molecule has 3 nitrogen and oxygen atoms in total. The van der Waals surface area contributed by atoms with Gasteiger partial charge in [-0.1, -0.05) is 12.1 Å². The molecule has 0 aliphatic carbocycles. The largest absolute Gasteiger partial charge is 0.484 e. The van der Waals surface area contributed by atoms with Crippen molar-refractivity contribution in [3.05, 3.63) is 45.6 Å². The van der Waals surface area contributed by atoms with Gasteiger partial charge < -0.3 is 14.8 Å². The van der Waals surface area contributed by atoms with E-state index < -0.39 is 0 Å². The van der Waals surface area contributed by atoms with Crippen molar-refractivity contribution < 1.29 is 9.47 Å². The van der Waals surface area contributed by atoms with Crippen molar-refractivity contribution in [1.82, 2.24) is 5.32 Å². The van der Waals surface area contributed by atoms with Crippen molar-refractivity contribution in [3.63, 3.8) is 0 Å². The van der Waals surface area contributed by atoms with E-state index in [0.717, 1.165) is 24.5 Å². The Bertz CT molecular complexity index is 633. The van der Waals surface area contributed by atoms with Crippen molar-refractivity contribution in [1.29, 1.82) is 0 Å². The highest BCUT2D eigenvalue weighted by Crippen LogP contribution is 2.42. The van der Waals surface area contributed by atoms with E-state index >= 15 is 0 Å². The number of fused-ring (bicyclic) bond motifs is 1. The first-order valence-corrected chi connectivity index (χ1v) is 8.05. The highest BCUT2D eigenvalue weighted by molar-refractivity contribution is 7.11. The van der Waals surface area contributed by atoms with Crippen molar-refractivity contribution in [2.75, 3.05) is 7.05 Å². The van der Waals surface area contributed by atoms with E-state index in [1.54, 1.807) is 11.3 Å². The van der Waals surface area contributed by atoms with Crippen molar-refractivity contribution in [2.45, 2.75) is 39.0 Å². The van der Waals surface area contributed by atoms with Gasteiger partial charge in [-0.3, -0.25) is 0 Å². The Kier molecular flexibility index (Phi) is 3.91. The lowest BCUT2D eigenvalue weighted by molar-refractivity contribution is 0.131. The van der Waals surface area contributed by atoms with Crippen LogP contribution in [0.4, 0.5) is 0 Å². The normalized spacial score (nSPS) is 15.6. The molecule has 2 aromatic rings. The number of rotatable bonds is 5. The molecule has 0 spiro atoms. The third-order valence-corrected chi connectivity index (χ3v) is 4.55. The van der Waals surface area contributed by atoms with Gasteiger partial charge in [0.2, 0.25) is 0 Å². The summed E-state index contributed by atoms with van der Waals surface area (Å²) in [7, 11) is 1.96. The number of para-hydroxylation sites is 1. The predicted octanol–water partition coefficient (Wildman–Crippen LogP) is 3.76. The second kappa shape index (κ2) is 5.70. The molecule has 0 unspecified atom stereocenters. The maximum Gasteiger partial charge on any atom is 0.165 e. The second-order valence-corrected chi connectivity index (χ2v) is 7.22. The number of thiophene rings is 1. The standard InChI is InChI=1S/C17H21NO2S/c1-17(2)9-12-5-4-6-15(16(12)20-17)19-11-14-8-7-13(21-14)10-18-3/h4-8,18H,9-11H2,1-3H3. The van der Waals surface area contributed by atoms with E-state index in [1.807, 2.05) is 19.2 Å². The topological polar surface area (TPSA) is 30.5 Å². The Balaban J connectivity index is 1.70. The molecular weight excluding hydrogens is 282 g/mol. The summed E-state index contributed by atoms with van der Waals surface area (Å²) in [6, 6.07) is 10.4. The Morgan fingerprint density at radius 2 is 2.05 bits per heavy atom. The lowest BCUT2D eigenvalue weighted by Gasteiger charge is -2.18. The molecule has 21 heavy (non-hydrogen) atoms. The summed E-state index contributed by atoms with van der Waals surface area (Å²) in [5, 5.41) is 3.16. The van der Waals surface area contributed by atoms with Gasteiger partial charge in [-0.2, -0.15) is 0 Å². The van der Waals surface area contributed by atoms with Crippen LogP contribution in [0.2, 0.25) is 0 Å². The fourth-order valence-electron chi connectivity index (χ4n) is 2.62. The molecule has 0 bridgehead atoms. The van der Waals surface area contributed by atoms with E-state index in [1.165, 1.54) is 15.3 Å². The molecule has 0 amide bonds. The molecule has 0 atom stereocenters. The zero-order chi connectivity index (χ0) is 14.9. The van der Waals surface area contributed by atoms with Crippen LogP contribution in [-0.4, -0.2) is 12.6 Å². The van der Waals surface area contributed by atoms with Crippen LogP contribution in [0.15, 0.2) is 30.3 Å². The number of hydrogen-bond donors (Lipinski definition) is 1. The SMILES string of the molecule is CNCc1ccc(COc2cccc3c2OC(C)(C)C3)s1. The average Bonchev–Trinajstić information content (AvgIpc) is 2.99. The molecule has 0 saturated heterocycles. The van der Waals surface area contributed by atoms with E-state index in [0.29, 0.717) is 6.61 Å². The number of hydrogen-bond acceptors (Lipinski definition) is 4. The lowest BCUT2D eigenvalue weighted by atomic mass is 10.0. The van der Waals surface area contributed by atoms with Gasteiger partial charge in [0.1, 0.15) is 12.2 Å². The van der Waals surface area contributed by atoms with Crippen LogP contribution in [0.1, 0.15) is 29.2 Å². The first-order chi connectivity index (χ1) is 10.1. The summed E-state index contributed by atoms with van der Waals surface area (Å²) in [5.74, 6) is 1.76. The highest BCUT2D eigenvalue weighted by Gasteiger charge is 2.32. The zero-order valence-corrected chi connectivity index (χ0v) is 13.5. The predicted molar refractivity (Wildman–Crippen MR) is 86.3 cm³/mol. The average molecular weight is 303 g/mol. The van der Waals surface area contributed by atoms with Crippen LogP contribution in [0.5, 0.6) is 11.5 Å². The number of nitrogens with one attached hydrogen (secondary N) is 1. The minimum atomic E-state index is -0.134. The molecule has 1 aromatic carbocycles. The smallest absolute Gasteiger partial charge is 0.165 e. The van der Waals surface area contributed by atoms with Gasteiger partial charge in [0.25, 0.3) is 0 Å². The summed E-state index contributed by atoms with van der Waals surface area (Å²) in [6.07, 6.45) is 0.935. The Morgan fingerprint density at radius 3 is 2.86 bits per heavy atom. The van der Waals surface area contributed by atoms with Crippen LogP contribution in [0, 0.1) is 0 Å². The van der Waals surface area contributed by atoms with Crippen LogP contribution < -0.4 is 14.8 Å². The summed E-state index contributed by atoms with van der Waals surface area (Å²) < 4.78 is 12.0. The summed E-state index contributed by atoms with van der Waals surface area (Å²) in [5.41, 5.74) is 1.10. The van der Waals surface area contributed by atoms with E-state index in [-0.39, 0.29) is 5.60 Å². The molecular formula is C17H21NO2S. The minimum Gasteiger partial charge on any atom is -0.484 e.